The molecule has 0 spiro atoms. The fourth-order valence-electron chi connectivity index (χ4n) is 3.38. The molecule has 1 aromatic heterocycles. The van der Waals surface area contributed by atoms with Crippen molar-refractivity contribution < 1.29 is 9.59 Å². The third kappa shape index (κ3) is 4.48. The number of nitrogens with zero attached hydrogens (tertiary/aromatic N) is 3. The van der Waals surface area contributed by atoms with E-state index in [4.69, 9.17) is 0 Å². The summed E-state index contributed by atoms with van der Waals surface area (Å²) >= 11 is 0. The van der Waals surface area contributed by atoms with Gasteiger partial charge in [0.05, 0.1) is 24.5 Å². The van der Waals surface area contributed by atoms with Gasteiger partial charge in [0.1, 0.15) is 0 Å². The lowest BCUT2D eigenvalue weighted by molar-refractivity contribution is -0.125. The van der Waals surface area contributed by atoms with Crippen molar-refractivity contribution in [2.75, 3.05) is 13.1 Å². The number of nitrogens with one attached hydrogen (secondary N) is 2. The third-order valence-electron chi connectivity index (χ3n) is 5.22. The molecule has 2 aliphatic rings. The van der Waals surface area contributed by atoms with Gasteiger partial charge < -0.3 is 20.1 Å². The molecule has 1 fully saturated rings. The number of rotatable bonds is 5. The lowest BCUT2D eigenvalue weighted by atomic mass is 10.1. The zero-order valence-electron chi connectivity index (χ0n) is 15.3. The molecule has 0 bridgehead atoms. The number of aromatic nitrogens is 2. The van der Waals surface area contributed by atoms with Crippen molar-refractivity contribution in [1.82, 2.24) is 25.1 Å². The van der Waals surface area contributed by atoms with Crippen molar-refractivity contribution in [1.29, 1.82) is 0 Å². The van der Waals surface area contributed by atoms with E-state index in [0.717, 1.165) is 17.8 Å². The van der Waals surface area contributed by atoms with Crippen molar-refractivity contribution >= 4 is 11.9 Å². The van der Waals surface area contributed by atoms with Gasteiger partial charge in [-0.2, -0.15) is 0 Å². The van der Waals surface area contributed by atoms with Crippen LogP contribution in [0.3, 0.4) is 0 Å². The van der Waals surface area contributed by atoms with Gasteiger partial charge in [-0.15, -0.1) is 0 Å². The summed E-state index contributed by atoms with van der Waals surface area (Å²) in [6.07, 6.45) is 5.90. The maximum Gasteiger partial charge on any atom is 0.318 e. The van der Waals surface area contributed by atoms with Gasteiger partial charge in [0.15, 0.2) is 0 Å². The van der Waals surface area contributed by atoms with E-state index in [1.54, 1.807) is 17.4 Å². The van der Waals surface area contributed by atoms with Crippen LogP contribution in [0.4, 0.5) is 4.79 Å². The fourth-order valence-corrected chi connectivity index (χ4v) is 3.38. The highest BCUT2D eigenvalue weighted by Crippen LogP contribution is 2.27. The maximum absolute atomic E-state index is 12.8. The van der Waals surface area contributed by atoms with Crippen LogP contribution in [-0.4, -0.2) is 39.5 Å². The Morgan fingerprint density at radius 1 is 1.11 bits per heavy atom. The van der Waals surface area contributed by atoms with E-state index in [-0.39, 0.29) is 17.9 Å². The quantitative estimate of drug-likeness (QED) is 0.845. The molecule has 1 atom stereocenters. The summed E-state index contributed by atoms with van der Waals surface area (Å²) in [6, 6.07) is 9.65. The number of urea groups is 1. The summed E-state index contributed by atoms with van der Waals surface area (Å²) in [5.74, 6) is 0.375. The molecular formula is C20H25N5O2. The van der Waals surface area contributed by atoms with Crippen LogP contribution in [0, 0.1) is 11.8 Å². The van der Waals surface area contributed by atoms with Gasteiger partial charge in [-0.05, 0) is 24.3 Å². The summed E-state index contributed by atoms with van der Waals surface area (Å²) in [7, 11) is 0. The van der Waals surface area contributed by atoms with Crippen molar-refractivity contribution in [3.8, 4) is 0 Å². The first-order chi connectivity index (χ1) is 13.2. The summed E-state index contributed by atoms with van der Waals surface area (Å²) in [5, 5.41) is 6.02. The molecule has 7 heteroatoms. The summed E-state index contributed by atoms with van der Waals surface area (Å²) in [4.78, 5) is 31.3. The van der Waals surface area contributed by atoms with Crippen molar-refractivity contribution in [2.45, 2.75) is 32.5 Å². The second kappa shape index (κ2) is 7.82. The molecule has 3 amide bonds. The maximum atomic E-state index is 12.8. The Morgan fingerprint density at radius 3 is 2.70 bits per heavy atom. The minimum absolute atomic E-state index is 0.0179. The molecule has 1 saturated carbocycles. The van der Waals surface area contributed by atoms with E-state index < -0.39 is 0 Å². The first-order valence-corrected chi connectivity index (χ1v) is 9.52. The largest absolute Gasteiger partial charge is 0.355 e. The van der Waals surface area contributed by atoms with Crippen LogP contribution in [0.1, 0.15) is 24.1 Å². The minimum Gasteiger partial charge on any atom is -0.355 e. The summed E-state index contributed by atoms with van der Waals surface area (Å²) < 4.78 is 1.98. The van der Waals surface area contributed by atoms with Crippen LogP contribution in [0.5, 0.6) is 0 Å². The van der Waals surface area contributed by atoms with Crippen LogP contribution in [0.15, 0.2) is 42.9 Å². The molecule has 4 rings (SSSR count). The minimum atomic E-state index is -0.276. The fraction of sp³-hybridized carbons (Fsp3) is 0.450. The molecule has 0 radical (unpaired) electrons. The Labute approximate surface area is 158 Å². The number of amides is 3. The molecule has 2 heterocycles. The number of hydrogen-bond donors (Lipinski definition) is 2. The molecule has 0 saturated heterocycles. The highest BCUT2D eigenvalue weighted by molar-refractivity contribution is 5.80. The van der Waals surface area contributed by atoms with Gasteiger partial charge in [0.2, 0.25) is 5.91 Å². The van der Waals surface area contributed by atoms with E-state index in [1.807, 2.05) is 34.9 Å². The van der Waals surface area contributed by atoms with Gasteiger partial charge in [0.25, 0.3) is 0 Å². The lowest BCUT2D eigenvalue weighted by Crippen LogP contribution is -2.45. The number of hydrogen-bond acceptors (Lipinski definition) is 3. The Kier molecular flexibility index (Phi) is 5.09. The van der Waals surface area contributed by atoms with Crippen LogP contribution in [0.25, 0.3) is 0 Å². The molecule has 1 aliphatic carbocycles. The number of carbonyl (C=O) groups is 2. The number of imidazole rings is 1. The first-order valence-electron chi connectivity index (χ1n) is 9.52. The van der Waals surface area contributed by atoms with E-state index >= 15 is 0 Å². The van der Waals surface area contributed by atoms with Crippen LogP contribution in [0.2, 0.25) is 0 Å². The van der Waals surface area contributed by atoms with E-state index in [1.165, 1.54) is 12.8 Å². The Hall–Kier alpha value is -2.83. The Bertz CT molecular complexity index is 800. The lowest BCUT2D eigenvalue weighted by Gasteiger charge is -2.24. The number of benzene rings is 1. The number of carbonyl (C=O) groups excluding carboxylic acids is 2. The molecule has 0 unspecified atom stereocenters. The zero-order valence-corrected chi connectivity index (χ0v) is 15.3. The molecule has 7 nitrogen and oxygen atoms in total. The molecule has 142 valence electrons. The van der Waals surface area contributed by atoms with Gasteiger partial charge in [-0.25, -0.2) is 9.78 Å². The van der Waals surface area contributed by atoms with Gasteiger partial charge in [-0.3, -0.25) is 4.79 Å². The average molecular weight is 367 g/mol. The van der Waals surface area contributed by atoms with Crippen LogP contribution < -0.4 is 10.6 Å². The first kappa shape index (κ1) is 17.6. The van der Waals surface area contributed by atoms with Gasteiger partial charge >= 0.3 is 6.03 Å². The molecule has 1 aromatic carbocycles. The normalized spacial score (nSPS) is 19.1. The predicted octanol–water partition coefficient (Wildman–Crippen LogP) is 1.75. The Morgan fingerprint density at radius 2 is 1.93 bits per heavy atom. The average Bonchev–Trinajstić information content (AvgIpc) is 3.46. The monoisotopic (exact) mass is 367 g/mol. The van der Waals surface area contributed by atoms with E-state index in [0.29, 0.717) is 32.1 Å². The molecule has 2 aromatic rings. The summed E-state index contributed by atoms with van der Waals surface area (Å²) in [5.41, 5.74) is 1.99. The SMILES string of the molecule is O=C(NCC1CC1)[C@@H]1CN(C(=O)NCc2ccccc2)Cc2cncn2C1. The highest BCUT2D eigenvalue weighted by Gasteiger charge is 2.30. The standard InChI is InChI=1S/C20H25N5O2/c26-19(22-8-16-6-7-16)17-11-24(13-18-10-21-14-25(18)12-17)20(27)23-9-15-4-2-1-3-5-15/h1-5,10,14,16-17H,6-9,11-13H2,(H,22,26)(H,23,27)/t17-/m1/s1. The Balaban J connectivity index is 1.42. The molecular weight excluding hydrogens is 342 g/mol. The molecule has 2 N–H and O–H groups in total. The van der Waals surface area contributed by atoms with Crippen molar-refractivity contribution in [3.05, 3.63) is 54.1 Å². The second-order valence-corrected chi connectivity index (χ2v) is 7.45. The van der Waals surface area contributed by atoms with E-state index in [9.17, 15) is 9.59 Å². The molecule has 1 aliphatic heterocycles. The van der Waals surface area contributed by atoms with Crippen molar-refractivity contribution in [2.24, 2.45) is 11.8 Å². The van der Waals surface area contributed by atoms with E-state index in [2.05, 4.69) is 15.6 Å². The second-order valence-electron chi connectivity index (χ2n) is 7.45. The highest BCUT2D eigenvalue weighted by atomic mass is 16.2. The van der Waals surface area contributed by atoms with Crippen molar-refractivity contribution in [3.63, 3.8) is 0 Å². The van der Waals surface area contributed by atoms with Gasteiger partial charge in [-0.1, -0.05) is 30.3 Å². The van der Waals surface area contributed by atoms with Crippen LogP contribution in [-0.2, 0) is 24.4 Å². The smallest absolute Gasteiger partial charge is 0.318 e. The predicted molar refractivity (Wildman–Crippen MR) is 101 cm³/mol. The van der Waals surface area contributed by atoms with Gasteiger partial charge in [0, 0.05) is 32.4 Å². The zero-order chi connectivity index (χ0) is 18.6. The number of fused-ring (bicyclic) bond motifs is 1. The molecule has 27 heavy (non-hydrogen) atoms. The third-order valence-corrected chi connectivity index (χ3v) is 5.22. The van der Waals surface area contributed by atoms with Crippen LogP contribution >= 0.6 is 0 Å². The topological polar surface area (TPSA) is 79.3 Å². The summed E-state index contributed by atoms with van der Waals surface area (Å²) in [6.45, 7) is 2.61.